The minimum absolute atomic E-state index is 0. The van der Waals surface area contributed by atoms with Gasteiger partial charge in [0.25, 0.3) is 0 Å². The Morgan fingerprint density at radius 3 is 2.77 bits per heavy atom. The third-order valence-electron chi connectivity index (χ3n) is 3.24. The standard InChI is InChI=1S/C16H23N3OS.HI/c1-11(2)7-8-18-16(17)19-10-13(20)15-9-12-5-3-4-6-14(12)21-15;/h3-6,9,11,13,20H,7-8,10H2,1-2H3,(H3,17,18,19);1H. The summed E-state index contributed by atoms with van der Waals surface area (Å²) in [7, 11) is 0. The van der Waals surface area contributed by atoms with Crippen LogP contribution in [0.5, 0.6) is 0 Å². The third-order valence-corrected chi connectivity index (χ3v) is 4.45. The smallest absolute Gasteiger partial charge is 0.188 e. The molecule has 0 aliphatic rings. The summed E-state index contributed by atoms with van der Waals surface area (Å²) in [6.07, 6.45) is 0.447. The van der Waals surface area contributed by atoms with Crippen LogP contribution in [-0.2, 0) is 0 Å². The fourth-order valence-corrected chi connectivity index (χ4v) is 3.03. The van der Waals surface area contributed by atoms with Gasteiger partial charge in [-0.05, 0) is 29.9 Å². The van der Waals surface area contributed by atoms with Gasteiger partial charge in [0.15, 0.2) is 5.96 Å². The zero-order valence-corrected chi connectivity index (χ0v) is 16.1. The minimum Gasteiger partial charge on any atom is -0.386 e. The van der Waals surface area contributed by atoms with Crippen molar-refractivity contribution in [1.82, 2.24) is 5.32 Å². The number of guanidine groups is 1. The van der Waals surface area contributed by atoms with Crippen LogP contribution in [-0.4, -0.2) is 24.2 Å². The van der Waals surface area contributed by atoms with Crippen LogP contribution < -0.4 is 11.1 Å². The molecular formula is C16H24IN3OS. The first-order valence-electron chi connectivity index (χ1n) is 7.26. The maximum Gasteiger partial charge on any atom is 0.188 e. The van der Waals surface area contributed by atoms with E-state index in [2.05, 4.69) is 30.2 Å². The summed E-state index contributed by atoms with van der Waals surface area (Å²) < 4.78 is 1.18. The van der Waals surface area contributed by atoms with Gasteiger partial charge in [-0.25, -0.2) is 0 Å². The highest BCUT2D eigenvalue weighted by Gasteiger charge is 2.10. The fourth-order valence-electron chi connectivity index (χ4n) is 1.99. The predicted octanol–water partition coefficient (Wildman–Crippen LogP) is 3.50. The molecule has 0 bridgehead atoms. The van der Waals surface area contributed by atoms with Gasteiger partial charge in [0.2, 0.25) is 0 Å². The van der Waals surface area contributed by atoms with Crippen molar-refractivity contribution in [2.45, 2.75) is 26.4 Å². The second-order valence-electron chi connectivity index (χ2n) is 5.54. The van der Waals surface area contributed by atoms with Crippen molar-refractivity contribution < 1.29 is 5.11 Å². The summed E-state index contributed by atoms with van der Waals surface area (Å²) in [6, 6.07) is 10.1. The van der Waals surface area contributed by atoms with E-state index >= 15 is 0 Å². The van der Waals surface area contributed by atoms with Gasteiger partial charge in [0.05, 0.1) is 6.54 Å². The first-order valence-corrected chi connectivity index (χ1v) is 8.08. The summed E-state index contributed by atoms with van der Waals surface area (Å²) in [5, 5.41) is 14.4. The predicted molar refractivity (Wildman–Crippen MR) is 106 cm³/mol. The monoisotopic (exact) mass is 433 g/mol. The zero-order valence-electron chi connectivity index (χ0n) is 13.0. The molecule has 1 atom stereocenters. The Bertz CT molecular complexity index is 579. The van der Waals surface area contributed by atoms with E-state index in [4.69, 9.17) is 5.73 Å². The number of nitrogens with zero attached hydrogens (tertiary/aromatic N) is 1. The molecule has 1 aromatic carbocycles. The molecule has 1 unspecified atom stereocenters. The molecule has 0 radical (unpaired) electrons. The lowest BCUT2D eigenvalue weighted by Gasteiger charge is -2.09. The Hall–Kier alpha value is -0.860. The highest BCUT2D eigenvalue weighted by Crippen LogP contribution is 2.29. The normalized spacial score (nSPS) is 13.2. The first-order chi connectivity index (χ1) is 10.1. The lowest BCUT2D eigenvalue weighted by molar-refractivity contribution is 0.191. The SMILES string of the molecule is CC(C)CCNC(N)=NCC(O)c1cc2ccccc2s1.I. The Morgan fingerprint density at radius 2 is 2.09 bits per heavy atom. The van der Waals surface area contributed by atoms with E-state index < -0.39 is 6.10 Å². The molecule has 0 fully saturated rings. The number of hydrogen-bond donors (Lipinski definition) is 3. The summed E-state index contributed by atoms with van der Waals surface area (Å²) in [5.74, 6) is 1.03. The van der Waals surface area contributed by atoms with Crippen LogP contribution in [0, 0.1) is 5.92 Å². The number of aliphatic imine (C=N–C) groups is 1. The molecule has 0 saturated heterocycles. The molecule has 1 aromatic heterocycles. The number of nitrogens with two attached hydrogens (primary N) is 1. The van der Waals surface area contributed by atoms with E-state index in [1.807, 2.05) is 24.3 Å². The summed E-state index contributed by atoms with van der Waals surface area (Å²) in [5.41, 5.74) is 5.79. The average molecular weight is 433 g/mol. The molecule has 22 heavy (non-hydrogen) atoms. The Balaban J connectivity index is 0.00000242. The Kier molecular flexibility index (Phi) is 8.13. The number of fused-ring (bicyclic) bond motifs is 1. The summed E-state index contributed by atoms with van der Waals surface area (Å²) in [4.78, 5) is 5.13. The molecule has 0 spiro atoms. The molecule has 4 nitrogen and oxygen atoms in total. The number of rotatable bonds is 6. The van der Waals surface area contributed by atoms with Crippen molar-refractivity contribution in [2.75, 3.05) is 13.1 Å². The number of aliphatic hydroxyl groups is 1. The largest absolute Gasteiger partial charge is 0.386 e. The molecule has 1 heterocycles. The molecule has 6 heteroatoms. The number of halogens is 1. The highest BCUT2D eigenvalue weighted by molar-refractivity contribution is 14.0. The summed E-state index contributed by atoms with van der Waals surface area (Å²) in [6.45, 7) is 5.43. The highest BCUT2D eigenvalue weighted by atomic mass is 127. The van der Waals surface area contributed by atoms with Gasteiger partial charge in [-0.3, -0.25) is 4.99 Å². The Morgan fingerprint density at radius 1 is 1.36 bits per heavy atom. The first kappa shape index (κ1) is 19.2. The van der Waals surface area contributed by atoms with Crippen LogP contribution in [0.15, 0.2) is 35.3 Å². The average Bonchev–Trinajstić information content (AvgIpc) is 2.88. The van der Waals surface area contributed by atoms with Gasteiger partial charge in [0, 0.05) is 16.1 Å². The topological polar surface area (TPSA) is 70.6 Å². The molecular weight excluding hydrogens is 409 g/mol. The van der Waals surface area contributed by atoms with Gasteiger partial charge < -0.3 is 16.2 Å². The molecule has 2 rings (SSSR count). The molecule has 122 valence electrons. The molecule has 0 aliphatic carbocycles. The quantitative estimate of drug-likeness (QED) is 0.371. The molecule has 0 saturated carbocycles. The number of thiophene rings is 1. The van der Waals surface area contributed by atoms with Gasteiger partial charge in [-0.15, -0.1) is 35.3 Å². The van der Waals surface area contributed by atoms with E-state index in [1.54, 1.807) is 11.3 Å². The maximum atomic E-state index is 10.2. The summed E-state index contributed by atoms with van der Waals surface area (Å²) >= 11 is 1.60. The lowest BCUT2D eigenvalue weighted by atomic mass is 10.1. The number of nitrogens with one attached hydrogen (secondary N) is 1. The van der Waals surface area contributed by atoms with Gasteiger partial charge >= 0.3 is 0 Å². The van der Waals surface area contributed by atoms with E-state index in [9.17, 15) is 5.11 Å². The number of benzene rings is 1. The van der Waals surface area contributed by atoms with Gasteiger partial charge in [0.1, 0.15) is 6.10 Å². The fraction of sp³-hybridized carbons (Fsp3) is 0.438. The molecule has 0 amide bonds. The number of hydrogen-bond acceptors (Lipinski definition) is 3. The van der Waals surface area contributed by atoms with Crippen molar-refractivity contribution in [3.63, 3.8) is 0 Å². The minimum atomic E-state index is -0.604. The number of aliphatic hydroxyl groups excluding tert-OH is 1. The Labute approximate surface area is 152 Å². The van der Waals surface area contributed by atoms with Crippen LogP contribution in [0.3, 0.4) is 0 Å². The zero-order chi connectivity index (χ0) is 15.2. The van der Waals surface area contributed by atoms with E-state index in [0.717, 1.165) is 23.2 Å². The van der Waals surface area contributed by atoms with Crippen molar-refractivity contribution in [1.29, 1.82) is 0 Å². The van der Waals surface area contributed by atoms with E-state index in [0.29, 0.717) is 11.9 Å². The van der Waals surface area contributed by atoms with Crippen LogP contribution in [0.2, 0.25) is 0 Å². The van der Waals surface area contributed by atoms with Crippen molar-refractivity contribution in [3.05, 3.63) is 35.2 Å². The van der Waals surface area contributed by atoms with Gasteiger partial charge in [-0.2, -0.15) is 0 Å². The van der Waals surface area contributed by atoms with Crippen LogP contribution in [0.1, 0.15) is 31.2 Å². The second kappa shape index (κ2) is 9.32. The van der Waals surface area contributed by atoms with Crippen molar-refractivity contribution >= 4 is 51.4 Å². The third kappa shape index (κ3) is 5.73. The second-order valence-corrected chi connectivity index (χ2v) is 6.65. The van der Waals surface area contributed by atoms with Crippen molar-refractivity contribution in [2.24, 2.45) is 16.6 Å². The van der Waals surface area contributed by atoms with Crippen LogP contribution in [0.25, 0.3) is 10.1 Å². The van der Waals surface area contributed by atoms with Crippen LogP contribution >= 0.6 is 35.3 Å². The van der Waals surface area contributed by atoms with Crippen molar-refractivity contribution in [3.8, 4) is 0 Å². The van der Waals surface area contributed by atoms with Crippen LogP contribution in [0.4, 0.5) is 0 Å². The van der Waals surface area contributed by atoms with E-state index in [-0.39, 0.29) is 30.5 Å². The lowest BCUT2D eigenvalue weighted by Crippen LogP contribution is -2.33. The molecule has 4 N–H and O–H groups in total. The van der Waals surface area contributed by atoms with Gasteiger partial charge in [-0.1, -0.05) is 32.0 Å². The molecule has 0 aliphatic heterocycles. The maximum absolute atomic E-state index is 10.2. The van der Waals surface area contributed by atoms with E-state index in [1.165, 1.54) is 4.70 Å². The molecule has 2 aromatic rings.